The number of nitrogens with one attached hydrogen (secondary N) is 2. The van der Waals surface area contributed by atoms with Crippen LogP contribution in [0.2, 0.25) is 0 Å². The highest BCUT2D eigenvalue weighted by Gasteiger charge is 2.32. The lowest BCUT2D eigenvalue weighted by molar-refractivity contribution is -0.116. The van der Waals surface area contributed by atoms with E-state index in [4.69, 9.17) is 4.74 Å². The molecule has 2 aliphatic heterocycles. The number of carbonyl (C=O) groups excluding carboxylic acids is 2. The van der Waals surface area contributed by atoms with Gasteiger partial charge in [0.2, 0.25) is 5.91 Å². The predicted octanol–water partition coefficient (Wildman–Crippen LogP) is 2.44. The summed E-state index contributed by atoms with van der Waals surface area (Å²) in [6.45, 7) is 3.55. The Bertz CT molecular complexity index is 861. The molecule has 0 aliphatic carbocycles. The van der Waals surface area contributed by atoms with E-state index in [1.807, 2.05) is 12.3 Å². The number of ether oxygens (including phenoxy) is 1. The Hall–Kier alpha value is -2.67. The summed E-state index contributed by atoms with van der Waals surface area (Å²) in [5.74, 6) is 0.758. The number of hydrogen-bond donors (Lipinski definition) is 2. The van der Waals surface area contributed by atoms with Crippen molar-refractivity contribution in [3.05, 3.63) is 47.5 Å². The summed E-state index contributed by atoms with van der Waals surface area (Å²) in [6.07, 6.45) is 6.34. The molecular formula is C20H24N4O3. The summed E-state index contributed by atoms with van der Waals surface area (Å²) in [4.78, 5) is 28.8. The number of fused-ring (bicyclic) bond motifs is 1. The lowest BCUT2D eigenvalue weighted by Gasteiger charge is -2.32. The molecule has 1 saturated heterocycles. The van der Waals surface area contributed by atoms with Crippen molar-refractivity contribution in [1.29, 1.82) is 0 Å². The molecule has 2 N–H and O–H groups in total. The molecular weight excluding hydrogens is 344 g/mol. The smallest absolute Gasteiger partial charge is 0.251 e. The van der Waals surface area contributed by atoms with Crippen molar-refractivity contribution in [3.63, 3.8) is 0 Å². The molecule has 7 heteroatoms. The van der Waals surface area contributed by atoms with Crippen LogP contribution in [-0.2, 0) is 22.5 Å². The molecule has 0 spiro atoms. The van der Waals surface area contributed by atoms with Crippen LogP contribution < -0.4 is 10.6 Å². The monoisotopic (exact) mass is 368 g/mol. The second-order valence-corrected chi connectivity index (χ2v) is 7.01. The number of carbonyl (C=O) groups is 2. The van der Waals surface area contributed by atoms with Gasteiger partial charge in [-0.05, 0) is 49.9 Å². The normalized spacial score (nSPS) is 22.0. The third-order valence-corrected chi connectivity index (χ3v) is 5.24. The molecule has 2 amide bonds. The average molecular weight is 368 g/mol. The first kappa shape index (κ1) is 17.7. The van der Waals surface area contributed by atoms with Crippen molar-refractivity contribution < 1.29 is 14.3 Å². The van der Waals surface area contributed by atoms with Crippen LogP contribution in [0, 0.1) is 0 Å². The van der Waals surface area contributed by atoms with Gasteiger partial charge in [-0.2, -0.15) is 0 Å². The highest BCUT2D eigenvalue weighted by atomic mass is 16.5. The zero-order chi connectivity index (χ0) is 18.8. The number of amides is 2. The van der Waals surface area contributed by atoms with Gasteiger partial charge in [0, 0.05) is 43.2 Å². The minimum atomic E-state index is -0.241. The van der Waals surface area contributed by atoms with Crippen LogP contribution in [0.1, 0.15) is 54.0 Å². The Morgan fingerprint density at radius 3 is 3.15 bits per heavy atom. The molecule has 2 aliphatic rings. The third-order valence-electron chi connectivity index (χ3n) is 5.24. The van der Waals surface area contributed by atoms with Crippen molar-refractivity contribution in [2.75, 3.05) is 11.9 Å². The van der Waals surface area contributed by atoms with E-state index < -0.39 is 0 Å². The number of nitrogens with zero attached hydrogens (tertiary/aromatic N) is 2. The quantitative estimate of drug-likeness (QED) is 0.868. The number of imidazole rings is 1. The first-order chi connectivity index (χ1) is 13.2. The molecule has 2 atom stereocenters. The largest absolute Gasteiger partial charge is 0.368 e. The summed E-state index contributed by atoms with van der Waals surface area (Å²) in [5, 5.41) is 5.98. The predicted molar refractivity (Wildman–Crippen MR) is 100 cm³/mol. The van der Waals surface area contributed by atoms with E-state index in [2.05, 4.69) is 27.1 Å². The number of benzene rings is 1. The molecule has 7 nitrogen and oxygen atoms in total. The van der Waals surface area contributed by atoms with E-state index in [1.54, 1.807) is 18.3 Å². The minimum Gasteiger partial charge on any atom is -0.368 e. The van der Waals surface area contributed by atoms with Crippen molar-refractivity contribution in [2.24, 2.45) is 0 Å². The molecule has 0 unspecified atom stereocenters. The van der Waals surface area contributed by atoms with Gasteiger partial charge in [-0.1, -0.05) is 0 Å². The Labute approximate surface area is 158 Å². The molecule has 0 bridgehead atoms. The van der Waals surface area contributed by atoms with Gasteiger partial charge in [0.05, 0.1) is 6.04 Å². The van der Waals surface area contributed by atoms with Crippen molar-refractivity contribution in [1.82, 2.24) is 14.9 Å². The maximum atomic E-state index is 12.9. The molecule has 1 fully saturated rings. The first-order valence-corrected chi connectivity index (χ1v) is 9.52. The minimum absolute atomic E-state index is 0.0216. The van der Waals surface area contributed by atoms with Crippen molar-refractivity contribution in [3.8, 4) is 0 Å². The molecule has 1 aromatic heterocycles. The van der Waals surface area contributed by atoms with E-state index in [-0.39, 0.29) is 24.0 Å². The van der Waals surface area contributed by atoms with Crippen molar-refractivity contribution in [2.45, 2.75) is 51.3 Å². The molecule has 142 valence electrons. The number of hydrogen-bond acceptors (Lipinski definition) is 4. The van der Waals surface area contributed by atoms with Gasteiger partial charge in [-0.25, -0.2) is 4.98 Å². The van der Waals surface area contributed by atoms with Gasteiger partial charge in [0.1, 0.15) is 11.9 Å². The van der Waals surface area contributed by atoms with Crippen LogP contribution in [0.5, 0.6) is 0 Å². The summed E-state index contributed by atoms with van der Waals surface area (Å²) in [7, 11) is 0. The van der Waals surface area contributed by atoms with E-state index in [0.717, 1.165) is 36.5 Å². The fraction of sp³-hybridized carbons (Fsp3) is 0.450. The van der Waals surface area contributed by atoms with Gasteiger partial charge in [0.25, 0.3) is 5.91 Å². The second-order valence-electron chi connectivity index (χ2n) is 7.01. The van der Waals surface area contributed by atoms with Crippen molar-refractivity contribution >= 4 is 17.5 Å². The van der Waals surface area contributed by atoms with Gasteiger partial charge in [-0.15, -0.1) is 0 Å². The molecule has 2 aromatic rings. The Balaban J connectivity index is 1.52. The number of aryl methyl sites for hydroxylation is 2. The number of rotatable bonds is 4. The third kappa shape index (κ3) is 3.60. The highest BCUT2D eigenvalue weighted by molar-refractivity contribution is 5.98. The number of aromatic nitrogens is 2. The molecule has 0 saturated carbocycles. The summed E-state index contributed by atoms with van der Waals surface area (Å²) in [5.41, 5.74) is 2.40. The van der Waals surface area contributed by atoms with Gasteiger partial charge >= 0.3 is 0 Å². The van der Waals surface area contributed by atoms with E-state index in [9.17, 15) is 9.59 Å². The molecule has 27 heavy (non-hydrogen) atoms. The standard InChI is InChI=1S/C20H24N4O3/c1-2-24-10-9-21-19(24)18-16(4-3-11-27-18)23-20(26)14-5-7-15-13(12-14)6-8-17(25)22-15/h5,7,9-10,12,16,18H,2-4,6,8,11H2,1H3,(H,22,25)(H,23,26)/t16-,18-/m0/s1. The molecule has 0 radical (unpaired) electrons. The number of anilines is 1. The zero-order valence-corrected chi connectivity index (χ0v) is 15.4. The highest BCUT2D eigenvalue weighted by Crippen LogP contribution is 2.28. The zero-order valence-electron chi connectivity index (χ0n) is 15.4. The van der Waals surface area contributed by atoms with Crippen LogP contribution in [0.4, 0.5) is 5.69 Å². The van der Waals surface area contributed by atoms with Crippen LogP contribution >= 0.6 is 0 Å². The van der Waals surface area contributed by atoms with Crippen LogP contribution in [-0.4, -0.2) is 34.0 Å². The lowest BCUT2D eigenvalue weighted by atomic mass is 9.98. The molecule has 3 heterocycles. The fourth-order valence-electron chi connectivity index (χ4n) is 3.80. The lowest BCUT2D eigenvalue weighted by Crippen LogP contribution is -2.43. The summed E-state index contributed by atoms with van der Waals surface area (Å²) < 4.78 is 8.02. The Morgan fingerprint density at radius 2 is 2.30 bits per heavy atom. The fourth-order valence-corrected chi connectivity index (χ4v) is 3.80. The van der Waals surface area contributed by atoms with Gasteiger partial charge < -0.3 is 19.9 Å². The SMILES string of the molecule is CCn1ccnc1[C@H]1OCCC[C@@H]1NC(=O)c1ccc2c(c1)CCC(=O)N2. The van der Waals surface area contributed by atoms with E-state index in [1.165, 1.54) is 0 Å². The van der Waals surface area contributed by atoms with E-state index >= 15 is 0 Å². The van der Waals surface area contributed by atoms with Gasteiger partial charge in [-0.3, -0.25) is 9.59 Å². The van der Waals surface area contributed by atoms with E-state index in [0.29, 0.717) is 25.0 Å². The Kier molecular flexibility index (Phi) is 4.94. The van der Waals surface area contributed by atoms with Crippen LogP contribution in [0.3, 0.4) is 0 Å². The molecule has 4 rings (SSSR count). The maximum Gasteiger partial charge on any atom is 0.251 e. The first-order valence-electron chi connectivity index (χ1n) is 9.52. The maximum absolute atomic E-state index is 12.9. The Morgan fingerprint density at radius 1 is 1.41 bits per heavy atom. The van der Waals surface area contributed by atoms with Crippen LogP contribution in [0.15, 0.2) is 30.6 Å². The summed E-state index contributed by atoms with van der Waals surface area (Å²) >= 11 is 0. The van der Waals surface area contributed by atoms with Crippen LogP contribution in [0.25, 0.3) is 0 Å². The second kappa shape index (κ2) is 7.52. The topological polar surface area (TPSA) is 85.2 Å². The molecule has 1 aromatic carbocycles. The average Bonchev–Trinajstić information content (AvgIpc) is 3.16. The van der Waals surface area contributed by atoms with Gasteiger partial charge in [0.15, 0.2) is 0 Å². The summed E-state index contributed by atoms with van der Waals surface area (Å²) in [6, 6.07) is 5.32.